The SMILES string of the molecule is O=C(Nc1ccc(F)cc1)c1nnc([C@@H]2CCCN2C(=O)NCc2ccco2)s1. The summed E-state index contributed by atoms with van der Waals surface area (Å²) in [6.45, 7) is 0.905. The van der Waals surface area contributed by atoms with E-state index in [9.17, 15) is 14.0 Å². The van der Waals surface area contributed by atoms with Crippen LogP contribution in [0.1, 0.15) is 39.5 Å². The Bertz CT molecular complexity index is 990. The van der Waals surface area contributed by atoms with Crippen molar-refractivity contribution in [2.45, 2.75) is 25.4 Å². The van der Waals surface area contributed by atoms with Gasteiger partial charge in [-0.05, 0) is 49.2 Å². The van der Waals surface area contributed by atoms with E-state index in [-0.39, 0.29) is 22.9 Å². The number of halogens is 1. The van der Waals surface area contributed by atoms with E-state index >= 15 is 0 Å². The van der Waals surface area contributed by atoms with Gasteiger partial charge in [-0.15, -0.1) is 10.2 Å². The highest BCUT2D eigenvalue weighted by Crippen LogP contribution is 2.33. The monoisotopic (exact) mass is 415 g/mol. The van der Waals surface area contributed by atoms with Crippen molar-refractivity contribution in [2.24, 2.45) is 0 Å². The molecule has 10 heteroatoms. The average molecular weight is 415 g/mol. The van der Waals surface area contributed by atoms with Crippen LogP contribution in [-0.2, 0) is 6.54 Å². The molecule has 2 aromatic heterocycles. The fourth-order valence-electron chi connectivity index (χ4n) is 3.12. The molecule has 4 rings (SSSR count). The molecule has 1 aliphatic rings. The van der Waals surface area contributed by atoms with Gasteiger partial charge >= 0.3 is 6.03 Å². The van der Waals surface area contributed by atoms with Crippen molar-refractivity contribution < 1.29 is 18.4 Å². The first-order valence-electron chi connectivity index (χ1n) is 9.07. The number of nitrogens with one attached hydrogen (secondary N) is 2. The number of benzene rings is 1. The molecule has 1 atom stereocenters. The first-order valence-corrected chi connectivity index (χ1v) is 9.89. The molecule has 29 heavy (non-hydrogen) atoms. The lowest BCUT2D eigenvalue weighted by Gasteiger charge is -2.22. The summed E-state index contributed by atoms with van der Waals surface area (Å²) in [4.78, 5) is 26.6. The van der Waals surface area contributed by atoms with Crippen molar-refractivity contribution in [2.75, 3.05) is 11.9 Å². The van der Waals surface area contributed by atoms with Gasteiger partial charge in [0.2, 0.25) is 5.01 Å². The molecule has 2 N–H and O–H groups in total. The predicted molar refractivity (Wildman–Crippen MR) is 104 cm³/mol. The van der Waals surface area contributed by atoms with Crippen molar-refractivity contribution >= 4 is 29.0 Å². The normalized spacial score (nSPS) is 16.0. The van der Waals surface area contributed by atoms with Gasteiger partial charge in [0.15, 0.2) is 0 Å². The third kappa shape index (κ3) is 4.43. The topological polar surface area (TPSA) is 100 Å². The van der Waals surface area contributed by atoms with Crippen LogP contribution in [0.3, 0.4) is 0 Å². The van der Waals surface area contributed by atoms with Gasteiger partial charge in [0.1, 0.15) is 16.6 Å². The van der Waals surface area contributed by atoms with Gasteiger partial charge < -0.3 is 20.0 Å². The van der Waals surface area contributed by atoms with Crippen LogP contribution in [0.4, 0.5) is 14.9 Å². The fourth-order valence-corrected chi connectivity index (χ4v) is 4.01. The van der Waals surface area contributed by atoms with Gasteiger partial charge in [0.05, 0.1) is 18.8 Å². The van der Waals surface area contributed by atoms with E-state index in [2.05, 4.69) is 20.8 Å². The van der Waals surface area contributed by atoms with Crippen molar-refractivity contribution in [3.05, 3.63) is 64.3 Å². The first kappa shape index (κ1) is 19.1. The minimum atomic E-state index is -0.424. The summed E-state index contributed by atoms with van der Waals surface area (Å²) < 4.78 is 18.2. The molecule has 0 spiro atoms. The van der Waals surface area contributed by atoms with E-state index in [4.69, 9.17) is 4.42 Å². The molecule has 0 unspecified atom stereocenters. The first-order chi connectivity index (χ1) is 14.1. The number of hydrogen-bond donors (Lipinski definition) is 2. The second-order valence-corrected chi connectivity index (χ2v) is 7.51. The van der Waals surface area contributed by atoms with E-state index in [1.165, 1.54) is 24.3 Å². The summed E-state index contributed by atoms with van der Waals surface area (Å²) >= 11 is 1.15. The number of likely N-dealkylation sites (tertiary alicyclic amines) is 1. The minimum Gasteiger partial charge on any atom is -0.467 e. The second-order valence-electron chi connectivity index (χ2n) is 6.50. The highest BCUT2D eigenvalue weighted by molar-refractivity contribution is 7.13. The number of hydrogen-bond acceptors (Lipinski definition) is 6. The van der Waals surface area contributed by atoms with Gasteiger partial charge in [-0.1, -0.05) is 11.3 Å². The number of anilines is 1. The zero-order chi connectivity index (χ0) is 20.2. The van der Waals surface area contributed by atoms with E-state index < -0.39 is 5.91 Å². The Morgan fingerprint density at radius 2 is 2.07 bits per heavy atom. The number of furan rings is 1. The molecular weight excluding hydrogens is 397 g/mol. The zero-order valence-electron chi connectivity index (χ0n) is 15.3. The average Bonchev–Trinajstić information content (AvgIpc) is 3.48. The lowest BCUT2D eigenvalue weighted by Crippen LogP contribution is -2.39. The largest absolute Gasteiger partial charge is 0.467 e. The second kappa shape index (κ2) is 8.39. The van der Waals surface area contributed by atoms with Crippen LogP contribution >= 0.6 is 11.3 Å². The Morgan fingerprint density at radius 3 is 2.83 bits per heavy atom. The number of carbonyl (C=O) groups excluding carboxylic acids is 2. The molecule has 3 aromatic rings. The summed E-state index contributed by atoms with van der Waals surface area (Å²) in [5, 5.41) is 14.4. The Hall–Kier alpha value is -3.27. The lowest BCUT2D eigenvalue weighted by atomic mass is 10.2. The van der Waals surface area contributed by atoms with E-state index in [1.54, 1.807) is 23.3 Å². The number of aromatic nitrogens is 2. The van der Waals surface area contributed by atoms with E-state index in [1.807, 2.05) is 0 Å². The van der Waals surface area contributed by atoms with Crippen LogP contribution in [0.25, 0.3) is 0 Å². The maximum atomic E-state index is 13.0. The Kier molecular flexibility index (Phi) is 5.52. The van der Waals surface area contributed by atoms with Gasteiger partial charge in [-0.25, -0.2) is 9.18 Å². The maximum Gasteiger partial charge on any atom is 0.318 e. The van der Waals surface area contributed by atoms with Crippen molar-refractivity contribution in [1.82, 2.24) is 20.4 Å². The number of amides is 3. The van der Waals surface area contributed by atoms with E-state index in [0.717, 1.165) is 24.2 Å². The summed E-state index contributed by atoms with van der Waals surface area (Å²) in [6.07, 6.45) is 3.15. The van der Waals surface area contributed by atoms with Crippen molar-refractivity contribution in [3.8, 4) is 0 Å². The summed E-state index contributed by atoms with van der Waals surface area (Å²) in [7, 11) is 0. The van der Waals surface area contributed by atoms with Gasteiger partial charge in [-0.2, -0.15) is 0 Å². The predicted octanol–water partition coefficient (Wildman–Crippen LogP) is 3.57. The molecule has 0 saturated carbocycles. The fraction of sp³-hybridized carbons (Fsp3) is 0.263. The van der Waals surface area contributed by atoms with Crippen molar-refractivity contribution in [1.29, 1.82) is 0 Å². The number of urea groups is 1. The van der Waals surface area contributed by atoms with Gasteiger partial charge in [0, 0.05) is 12.2 Å². The van der Waals surface area contributed by atoms with Crippen LogP contribution in [-0.4, -0.2) is 33.6 Å². The maximum absolute atomic E-state index is 13.0. The van der Waals surface area contributed by atoms with Crippen LogP contribution in [0.15, 0.2) is 47.1 Å². The minimum absolute atomic E-state index is 0.187. The number of nitrogens with zero attached hydrogens (tertiary/aromatic N) is 3. The van der Waals surface area contributed by atoms with Crippen LogP contribution in [0.2, 0.25) is 0 Å². The van der Waals surface area contributed by atoms with Crippen LogP contribution in [0.5, 0.6) is 0 Å². The Morgan fingerprint density at radius 1 is 1.24 bits per heavy atom. The molecule has 1 aliphatic heterocycles. The highest BCUT2D eigenvalue weighted by Gasteiger charge is 2.33. The molecule has 0 aliphatic carbocycles. The zero-order valence-corrected chi connectivity index (χ0v) is 16.1. The molecule has 0 bridgehead atoms. The highest BCUT2D eigenvalue weighted by atomic mass is 32.1. The molecule has 1 fully saturated rings. The molecule has 3 amide bonds. The molecule has 0 radical (unpaired) electrons. The molecule has 8 nitrogen and oxygen atoms in total. The molecule has 3 heterocycles. The third-order valence-electron chi connectivity index (χ3n) is 4.53. The summed E-state index contributed by atoms with van der Waals surface area (Å²) in [5.41, 5.74) is 0.466. The number of carbonyl (C=O) groups is 2. The standard InChI is InChI=1S/C19H18FN5O3S/c20-12-5-7-13(8-6-12)22-16(26)18-24-23-17(29-18)15-4-1-9-25(15)19(27)21-11-14-3-2-10-28-14/h2-3,5-8,10,15H,1,4,9,11H2,(H,21,27)(H,22,26)/t15-/m0/s1. The molecule has 1 aromatic carbocycles. The van der Waals surface area contributed by atoms with E-state index in [0.29, 0.717) is 29.5 Å². The quantitative estimate of drug-likeness (QED) is 0.664. The number of rotatable bonds is 5. The van der Waals surface area contributed by atoms with Gasteiger partial charge in [-0.3, -0.25) is 4.79 Å². The molecular formula is C19H18FN5O3S. The third-order valence-corrected chi connectivity index (χ3v) is 5.55. The smallest absolute Gasteiger partial charge is 0.318 e. The molecule has 150 valence electrons. The van der Waals surface area contributed by atoms with Gasteiger partial charge in [0.25, 0.3) is 5.91 Å². The van der Waals surface area contributed by atoms with Crippen LogP contribution in [0, 0.1) is 5.82 Å². The summed E-state index contributed by atoms with van der Waals surface area (Å²) in [5.74, 6) is -0.134. The summed E-state index contributed by atoms with van der Waals surface area (Å²) in [6, 6.07) is 8.58. The Labute approximate surface area is 169 Å². The lowest BCUT2D eigenvalue weighted by molar-refractivity contribution is 0.102. The molecule has 1 saturated heterocycles. The van der Waals surface area contributed by atoms with Crippen molar-refractivity contribution in [3.63, 3.8) is 0 Å². The van der Waals surface area contributed by atoms with Crippen LogP contribution < -0.4 is 10.6 Å². The Balaban J connectivity index is 1.40.